The molecule has 0 aliphatic carbocycles. The van der Waals surface area contributed by atoms with E-state index in [-0.39, 0.29) is 23.8 Å². The highest BCUT2D eigenvalue weighted by molar-refractivity contribution is 7.89. The summed E-state index contributed by atoms with van der Waals surface area (Å²) in [7, 11) is -0.559. The van der Waals surface area contributed by atoms with Gasteiger partial charge in [-0.3, -0.25) is 4.79 Å². The Labute approximate surface area is 158 Å². The van der Waals surface area contributed by atoms with Gasteiger partial charge in [0.15, 0.2) is 5.13 Å². The molecule has 1 aromatic carbocycles. The summed E-state index contributed by atoms with van der Waals surface area (Å²) in [4.78, 5) is 17.5. The lowest BCUT2D eigenvalue weighted by Gasteiger charge is -2.17. The van der Waals surface area contributed by atoms with Gasteiger partial charge in [0, 0.05) is 24.9 Å². The molecule has 0 unspecified atom stereocenters. The third-order valence-electron chi connectivity index (χ3n) is 3.92. The highest BCUT2D eigenvalue weighted by atomic mass is 32.2. The molecule has 0 saturated carbocycles. The zero-order valence-electron chi connectivity index (χ0n) is 15.3. The minimum Gasteiger partial charge on any atom is -0.497 e. The predicted molar refractivity (Wildman–Crippen MR) is 102 cm³/mol. The van der Waals surface area contributed by atoms with Crippen molar-refractivity contribution in [2.75, 3.05) is 26.0 Å². The Morgan fingerprint density at radius 3 is 2.46 bits per heavy atom. The third-order valence-corrected chi connectivity index (χ3v) is 6.78. The van der Waals surface area contributed by atoms with E-state index >= 15 is 0 Å². The van der Waals surface area contributed by atoms with E-state index in [2.05, 4.69) is 10.3 Å². The maximum Gasteiger partial charge on any atom is 0.242 e. The number of anilines is 1. The number of aryl methyl sites for hydroxylation is 2. The highest BCUT2D eigenvalue weighted by Crippen LogP contribution is 2.21. The van der Waals surface area contributed by atoms with E-state index in [1.807, 2.05) is 13.8 Å². The van der Waals surface area contributed by atoms with Gasteiger partial charge in [-0.05, 0) is 44.5 Å². The summed E-state index contributed by atoms with van der Waals surface area (Å²) >= 11 is 1.43. The van der Waals surface area contributed by atoms with Crippen molar-refractivity contribution in [3.63, 3.8) is 0 Å². The number of carbonyl (C=O) groups is 1. The fourth-order valence-electron chi connectivity index (χ4n) is 2.22. The Balaban J connectivity index is 1.86. The van der Waals surface area contributed by atoms with Gasteiger partial charge in [-0.1, -0.05) is 0 Å². The average Bonchev–Trinajstić information content (AvgIpc) is 2.92. The van der Waals surface area contributed by atoms with Crippen LogP contribution in [0, 0.1) is 13.8 Å². The smallest absolute Gasteiger partial charge is 0.242 e. The summed E-state index contributed by atoms with van der Waals surface area (Å²) in [5.41, 5.74) is 0.899. The minimum atomic E-state index is -3.59. The molecule has 0 aliphatic rings. The number of benzene rings is 1. The van der Waals surface area contributed by atoms with E-state index in [9.17, 15) is 13.2 Å². The summed E-state index contributed by atoms with van der Waals surface area (Å²) in [6.07, 6.45) is 0.640. The van der Waals surface area contributed by atoms with Crippen LogP contribution in [0.1, 0.15) is 23.4 Å². The number of nitrogens with one attached hydrogen (secondary N) is 1. The fourth-order valence-corrected chi connectivity index (χ4v) is 4.26. The molecule has 1 amide bonds. The Morgan fingerprint density at radius 2 is 1.92 bits per heavy atom. The van der Waals surface area contributed by atoms with E-state index in [0.29, 0.717) is 17.3 Å². The Bertz CT molecular complexity index is 841. The van der Waals surface area contributed by atoms with E-state index in [1.165, 1.54) is 41.9 Å². The van der Waals surface area contributed by atoms with Crippen LogP contribution in [0.5, 0.6) is 5.75 Å². The van der Waals surface area contributed by atoms with Gasteiger partial charge in [0.2, 0.25) is 15.9 Å². The molecule has 0 spiro atoms. The Kier molecular flexibility index (Phi) is 6.74. The van der Waals surface area contributed by atoms with Crippen LogP contribution in [-0.2, 0) is 14.8 Å². The molecule has 0 saturated heterocycles. The van der Waals surface area contributed by atoms with Crippen LogP contribution in [0.3, 0.4) is 0 Å². The number of sulfonamides is 1. The second kappa shape index (κ2) is 8.61. The molecule has 0 radical (unpaired) electrons. The lowest BCUT2D eigenvalue weighted by atomic mass is 10.3. The van der Waals surface area contributed by atoms with Crippen molar-refractivity contribution in [1.29, 1.82) is 0 Å². The molecular weight excluding hydrogens is 374 g/mol. The number of carbonyl (C=O) groups excluding carboxylic acids is 1. The molecule has 26 heavy (non-hydrogen) atoms. The standard InChI is InChI=1S/C17H23N3O4S2/c1-12-13(2)25-17(18-12)19-16(21)6-5-11-20(3)26(22,23)15-9-7-14(24-4)8-10-15/h7-10H,5-6,11H2,1-4H3,(H,18,19,21). The van der Waals surface area contributed by atoms with Crippen LogP contribution in [-0.4, -0.2) is 44.3 Å². The number of aromatic nitrogens is 1. The number of ether oxygens (including phenoxy) is 1. The molecule has 2 aromatic rings. The number of hydrogen-bond acceptors (Lipinski definition) is 6. The molecule has 0 bridgehead atoms. The van der Waals surface area contributed by atoms with Crippen LogP contribution < -0.4 is 10.1 Å². The predicted octanol–water partition coefficient (Wildman–Crippen LogP) is 2.81. The van der Waals surface area contributed by atoms with Crippen molar-refractivity contribution in [3.05, 3.63) is 34.8 Å². The number of rotatable bonds is 8. The summed E-state index contributed by atoms with van der Waals surface area (Å²) in [5.74, 6) is 0.421. The zero-order chi connectivity index (χ0) is 19.3. The molecule has 7 nitrogen and oxygen atoms in total. The molecule has 0 atom stereocenters. The van der Waals surface area contributed by atoms with Crippen molar-refractivity contribution >= 4 is 32.4 Å². The first-order valence-electron chi connectivity index (χ1n) is 8.08. The van der Waals surface area contributed by atoms with Crippen LogP contribution in [0.25, 0.3) is 0 Å². The molecule has 142 valence electrons. The number of amides is 1. The van der Waals surface area contributed by atoms with Crippen molar-refractivity contribution in [1.82, 2.24) is 9.29 Å². The normalized spacial score (nSPS) is 11.6. The van der Waals surface area contributed by atoms with Gasteiger partial charge in [-0.15, -0.1) is 11.3 Å². The summed E-state index contributed by atoms with van der Waals surface area (Å²) in [5, 5.41) is 3.32. The van der Waals surface area contributed by atoms with Crippen LogP contribution in [0.4, 0.5) is 5.13 Å². The quantitative estimate of drug-likeness (QED) is 0.740. The Hall–Kier alpha value is -1.97. The first-order chi connectivity index (χ1) is 12.2. The summed E-state index contributed by atoms with van der Waals surface area (Å²) < 4.78 is 31.3. The van der Waals surface area contributed by atoms with Crippen LogP contribution in [0.15, 0.2) is 29.2 Å². The van der Waals surface area contributed by atoms with Gasteiger partial charge < -0.3 is 10.1 Å². The van der Waals surface area contributed by atoms with E-state index in [0.717, 1.165) is 10.6 Å². The maximum atomic E-state index is 12.5. The number of thiazole rings is 1. The van der Waals surface area contributed by atoms with E-state index < -0.39 is 10.0 Å². The van der Waals surface area contributed by atoms with E-state index in [4.69, 9.17) is 4.74 Å². The first kappa shape index (κ1) is 20.3. The van der Waals surface area contributed by atoms with Crippen LogP contribution in [0.2, 0.25) is 0 Å². The lowest BCUT2D eigenvalue weighted by Crippen LogP contribution is -2.28. The topological polar surface area (TPSA) is 88.6 Å². The fraction of sp³-hybridized carbons (Fsp3) is 0.412. The summed E-state index contributed by atoms with van der Waals surface area (Å²) in [6, 6.07) is 6.22. The van der Waals surface area contributed by atoms with Gasteiger partial charge in [-0.25, -0.2) is 17.7 Å². The largest absolute Gasteiger partial charge is 0.497 e. The number of hydrogen-bond donors (Lipinski definition) is 1. The molecular formula is C17H23N3O4S2. The SMILES string of the molecule is COc1ccc(S(=O)(=O)N(C)CCCC(=O)Nc2nc(C)c(C)s2)cc1. The van der Waals surface area contributed by atoms with Crippen molar-refractivity contribution in [3.8, 4) is 5.75 Å². The maximum absolute atomic E-state index is 12.5. The molecule has 1 heterocycles. The number of nitrogens with zero attached hydrogens (tertiary/aromatic N) is 2. The summed E-state index contributed by atoms with van der Waals surface area (Å²) in [6.45, 7) is 4.08. The molecule has 2 rings (SSSR count). The molecule has 0 aliphatic heterocycles. The average molecular weight is 398 g/mol. The van der Waals surface area contributed by atoms with Gasteiger partial charge in [-0.2, -0.15) is 0 Å². The van der Waals surface area contributed by atoms with Crippen molar-refractivity contribution in [2.24, 2.45) is 0 Å². The zero-order valence-corrected chi connectivity index (χ0v) is 16.9. The molecule has 1 aromatic heterocycles. The molecule has 9 heteroatoms. The van der Waals surface area contributed by atoms with Gasteiger partial charge in [0.1, 0.15) is 5.75 Å². The van der Waals surface area contributed by atoms with Crippen molar-refractivity contribution in [2.45, 2.75) is 31.6 Å². The lowest BCUT2D eigenvalue weighted by molar-refractivity contribution is -0.116. The van der Waals surface area contributed by atoms with Gasteiger partial charge in [0.25, 0.3) is 0 Å². The van der Waals surface area contributed by atoms with Gasteiger partial charge >= 0.3 is 0 Å². The van der Waals surface area contributed by atoms with E-state index in [1.54, 1.807) is 12.1 Å². The monoisotopic (exact) mass is 397 g/mol. The highest BCUT2D eigenvalue weighted by Gasteiger charge is 2.20. The second-order valence-electron chi connectivity index (χ2n) is 5.81. The number of methoxy groups -OCH3 is 1. The molecule has 0 fully saturated rings. The van der Waals surface area contributed by atoms with Crippen molar-refractivity contribution < 1.29 is 17.9 Å². The molecule has 1 N–H and O–H groups in total. The van der Waals surface area contributed by atoms with Gasteiger partial charge in [0.05, 0.1) is 17.7 Å². The third kappa shape index (κ3) is 5.03. The van der Waals surface area contributed by atoms with Crippen LogP contribution >= 0.6 is 11.3 Å². The first-order valence-corrected chi connectivity index (χ1v) is 10.3. The second-order valence-corrected chi connectivity index (χ2v) is 9.06. The minimum absolute atomic E-state index is 0.172. The Morgan fingerprint density at radius 1 is 1.27 bits per heavy atom.